The Morgan fingerprint density at radius 3 is 2.47 bits per heavy atom. The minimum Gasteiger partial charge on any atom is -0.351 e. The molecule has 1 atom stereocenters. The van der Waals surface area contributed by atoms with Crippen molar-refractivity contribution in [1.82, 2.24) is 9.88 Å². The summed E-state index contributed by atoms with van der Waals surface area (Å²) in [6.45, 7) is 0. The third-order valence-electron chi connectivity index (χ3n) is 6.94. The summed E-state index contributed by atoms with van der Waals surface area (Å²) >= 11 is 0. The lowest BCUT2D eigenvalue weighted by atomic mass is 9.95. The van der Waals surface area contributed by atoms with Gasteiger partial charge in [0.2, 0.25) is 11.8 Å². The maximum Gasteiger partial charge on any atom is 0.249 e. The molecule has 0 saturated heterocycles. The van der Waals surface area contributed by atoms with E-state index in [0.717, 1.165) is 47.8 Å². The van der Waals surface area contributed by atoms with Crippen molar-refractivity contribution < 1.29 is 14.0 Å². The molecule has 6 heteroatoms. The molecule has 1 fully saturated rings. The fraction of sp³-hybridized carbons (Fsp3) is 0.385. The summed E-state index contributed by atoms with van der Waals surface area (Å²) in [5.74, 6) is -0.658. The molecule has 0 bridgehead atoms. The van der Waals surface area contributed by atoms with Crippen LogP contribution in [-0.2, 0) is 23.1 Å². The number of hydrogen-bond acceptors (Lipinski definition) is 2. The third-order valence-corrected chi connectivity index (χ3v) is 6.94. The summed E-state index contributed by atoms with van der Waals surface area (Å²) in [6, 6.07) is 13.3. The van der Waals surface area contributed by atoms with Gasteiger partial charge in [-0.2, -0.15) is 0 Å². The van der Waals surface area contributed by atoms with Gasteiger partial charge in [-0.05, 0) is 55.2 Å². The number of nitrogens with one attached hydrogen (secondary N) is 1. The van der Waals surface area contributed by atoms with Gasteiger partial charge in [-0.1, -0.05) is 37.5 Å². The van der Waals surface area contributed by atoms with Crippen LogP contribution in [0.2, 0.25) is 0 Å². The van der Waals surface area contributed by atoms with Gasteiger partial charge in [-0.25, -0.2) is 4.39 Å². The Hall–Kier alpha value is -3.15. The SMILES string of the molecule is Cn1c2c(c3ccccc31)CCC(=O)N(c1ccc(F)cc1)C2C(=O)NC1CCCCC1. The summed E-state index contributed by atoms with van der Waals surface area (Å²) in [7, 11) is 1.96. The molecule has 2 amide bonds. The van der Waals surface area contributed by atoms with Crippen molar-refractivity contribution in [3.8, 4) is 0 Å². The van der Waals surface area contributed by atoms with E-state index in [1.807, 2.05) is 29.8 Å². The summed E-state index contributed by atoms with van der Waals surface area (Å²) in [6.07, 6.45) is 6.20. The zero-order valence-electron chi connectivity index (χ0n) is 18.3. The Bertz CT molecular complexity index is 1160. The molecular formula is C26H28FN3O2. The normalized spacial score (nSPS) is 19.6. The van der Waals surface area contributed by atoms with Crippen LogP contribution in [0.25, 0.3) is 10.9 Å². The predicted octanol–water partition coefficient (Wildman–Crippen LogP) is 4.79. The van der Waals surface area contributed by atoms with Crippen molar-refractivity contribution in [3.05, 3.63) is 65.6 Å². The minimum absolute atomic E-state index is 0.124. The smallest absolute Gasteiger partial charge is 0.249 e. The fourth-order valence-electron chi connectivity index (χ4n) is 5.38. The van der Waals surface area contributed by atoms with Gasteiger partial charge in [0.15, 0.2) is 6.04 Å². The van der Waals surface area contributed by atoms with E-state index in [1.54, 1.807) is 17.0 Å². The van der Waals surface area contributed by atoms with Gasteiger partial charge < -0.3 is 9.88 Å². The lowest BCUT2D eigenvalue weighted by Crippen LogP contribution is -2.47. The van der Waals surface area contributed by atoms with E-state index < -0.39 is 6.04 Å². The number of anilines is 1. The maximum atomic E-state index is 13.8. The van der Waals surface area contributed by atoms with E-state index in [2.05, 4.69) is 11.4 Å². The van der Waals surface area contributed by atoms with Crippen LogP contribution in [0.15, 0.2) is 48.5 Å². The summed E-state index contributed by atoms with van der Waals surface area (Å²) < 4.78 is 15.7. The largest absolute Gasteiger partial charge is 0.351 e. The Balaban J connectivity index is 1.66. The highest BCUT2D eigenvalue weighted by Gasteiger charge is 2.40. The quantitative estimate of drug-likeness (QED) is 0.646. The highest BCUT2D eigenvalue weighted by molar-refractivity contribution is 6.04. The molecule has 166 valence electrons. The number of para-hydroxylation sites is 1. The van der Waals surface area contributed by atoms with Crippen LogP contribution in [0.3, 0.4) is 0 Å². The number of amides is 2. The number of carbonyl (C=O) groups is 2. The number of carbonyl (C=O) groups excluding carboxylic acids is 2. The second kappa shape index (κ2) is 8.41. The summed E-state index contributed by atoms with van der Waals surface area (Å²) in [5.41, 5.74) is 3.47. The Morgan fingerprint density at radius 2 is 1.72 bits per heavy atom. The molecule has 1 aliphatic heterocycles. The molecule has 3 aromatic rings. The molecule has 1 unspecified atom stereocenters. The minimum atomic E-state index is -0.801. The number of nitrogens with zero attached hydrogens (tertiary/aromatic N) is 2. The van der Waals surface area contributed by atoms with Crippen molar-refractivity contribution in [2.45, 2.75) is 57.0 Å². The monoisotopic (exact) mass is 433 g/mol. The van der Waals surface area contributed by atoms with Crippen LogP contribution in [0, 0.1) is 5.82 Å². The number of fused-ring (bicyclic) bond motifs is 3. The van der Waals surface area contributed by atoms with Gasteiger partial charge in [-0.3, -0.25) is 14.5 Å². The van der Waals surface area contributed by atoms with Gasteiger partial charge in [0, 0.05) is 36.1 Å². The second-order valence-corrected chi connectivity index (χ2v) is 8.93. The topological polar surface area (TPSA) is 54.3 Å². The van der Waals surface area contributed by atoms with E-state index in [1.165, 1.54) is 18.6 Å². The molecule has 2 aromatic carbocycles. The van der Waals surface area contributed by atoms with Crippen LogP contribution in [0.4, 0.5) is 10.1 Å². The molecule has 1 N–H and O–H groups in total. The molecule has 1 aromatic heterocycles. The number of hydrogen-bond donors (Lipinski definition) is 1. The highest BCUT2D eigenvalue weighted by Crippen LogP contribution is 2.39. The van der Waals surface area contributed by atoms with E-state index in [9.17, 15) is 14.0 Å². The van der Waals surface area contributed by atoms with Crippen LogP contribution in [-0.4, -0.2) is 22.4 Å². The van der Waals surface area contributed by atoms with Crippen molar-refractivity contribution in [3.63, 3.8) is 0 Å². The fourth-order valence-corrected chi connectivity index (χ4v) is 5.38. The molecule has 0 radical (unpaired) electrons. The van der Waals surface area contributed by atoms with E-state index in [-0.39, 0.29) is 23.7 Å². The number of aryl methyl sites for hydroxylation is 2. The van der Waals surface area contributed by atoms with E-state index >= 15 is 0 Å². The number of rotatable bonds is 3. The Labute approximate surface area is 187 Å². The van der Waals surface area contributed by atoms with E-state index in [0.29, 0.717) is 18.5 Å². The van der Waals surface area contributed by atoms with Gasteiger partial charge >= 0.3 is 0 Å². The molecule has 32 heavy (non-hydrogen) atoms. The second-order valence-electron chi connectivity index (χ2n) is 8.93. The first-order chi connectivity index (χ1) is 15.5. The lowest BCUT2D eigenvalue weighted by molar-refractivity contribution is -0.127. The third kappa shape index (κ3) is 3.57. The number of aromatic nitrogens is 1. The average molecular weight is 434 g/mol. The van der Waals surface area contributed by atoms with Gasteiger partial charge in [0.1, 0.15) is 5.82 Å². The van der Waals surface area contributed by atoms with Gasteiger partial charge in [-0.15, -0.1) is 0 Å². The van der Waals surface area contributed by atoms with Crippen molar-refractivity contribution in [1.29, 1.82) is 0 Å². The molecule has 1 aliphatic carbocycles. The van der Waals surface area contributed by atoms with Crippen LogP contribution in [0.1, 0.15) is 55.8 Å². The lowest BCUT2D eigenvalue weighted by Gasteiger charge is -2.32. The highest BCUT2D eigenvalue weighted by atomic mass is 19.1. The molecular weight excluding hydrogens is 405 g/mol. The molecule has 0 spiro atoms. The molecule has 5 nitrogen and oxygen atoms in total. The van der Waals surface area contributed by atoms with Crippen LogP contribution < -0.4 is 10.2 Å². The average Bonchev–Trinajstić information content (AvgIpc) is 2.98. The summed E-state index contributed by atoms with van der Waals surface area (Å²) in [4.78, 5) is 28.7. The van der Waals surface area contributed by atoms with E-state index in [4.69, 9.17) is 0 Å². The van der Waals surface area contributed by atoms with Crippen LogP contribution >= 0.6 is 0 Å². The molecule has 5 rings (SSSR count). The first-order valence-corrected chi connectivity index (χ1v) is 11.5. The number of benzene rings is 2. The zero-order chi connectivity index (χ0) is 22.2. The molecule has 2 heterocycles. The van der Waals surface area contributed by atoms with Crippen LogP contribution in [0.5, 0.6) is 0 Å². The summed E-state index contributed by atoms with van der Waals surface area (Å²) in [5, 5.41) is 4.32. The Kier molecular flexibility index (Phi) is 5.45. The first-order valence-electron chi connectivity index (χ1n) is 11.5. The maximum absolute atomic E-state index is 13.8. The Morgan fingerprint density at radius 1 is 1.00 bits per heavy atom. The molecule has 2 aliphatic rings. The van der Waals surface area contributed by atoms with Gasteiger partial charge in [0.05, 0.1) is 5.69 Å². The predicted molar refractivity (Wildman–Crippen MR) is 123 cm³/mol. The standard InChI is InChI=1S/C26H28FN3O2/c1-29-22-10-6-5-9-20(22)21-15-16-23(31)30(19-13-11-17(27)12-14-19)25(24(21)29)26(32)28-18-7-3-2-4-8-18/h5-6,9-14,18,25H,2-4,7-8,15-16H2,1H3,(H,28,32). The zero-order valence-corrected chi connectivity index (χ0v) is 18.3. The van der Waals surface area contributed by atoms with Crippen molar-refractivity contribution >= 4 is 28.4 Å². The number of halogens is 1. The molecule has 1 saturated carbocycles. The van der Waals surface area contributed by atoms with Crippen molar-refractivity contribution in [2.75, 3.05) is 4.90 Å². The van der Waals surface area contributed by atoms with Gasteiger partial charge in [0.25, 0.3) is 0 Å². The van der Waals surface area contributed by atoms with Crippen molar-refractivity contribution in [2.24, 2.45) is 7.05 Å². The first kappa shape index (κ1) is 20.7.